The highest BCUT2D eigenvalue weighted by atomic mass is 16.5. The van der Waals surface area contributed by atoms with E-state index in [9.17, 15) is 9.59 Å². The number of ether oxygens (including phenoxy) is 1. The molecule has 0 radical (unpaired) electrons. The minimum Gasteiger partial charge on any atom is -0.497 e. The summed E-state index contributed by atoms with van der Waals surface area (Å²) in [4.78, 5) is 29.9. The van der Waals surface area contributed by atoms with E-state index in [1.807, 2.05) is 4.57 Å². The molecule has 1 aliphatic heterocycles. The highest BCUT2D eigenvalue weighted by Gasteiger charge is 2.27. The maximum atomic E-state index is 12.8. The third-order valence-electron chi connectivity index (χ3n) is 4.89. The molecule has 7 nitrogen and oxygen atoms in total. The lowest BCUT2D eigenvalue weighted by atomic mass is 10.1. The van der Waals surface area contributed by atoms with Crippen LogP contribution in [0.4, 0.5) is 5.69 Å². The van der Waals surface area contributed by atoms with Crippen LogP contribution in [0, 0.1) is 5.92 Å². The number of aromatic nitrogens is 2. The van der Waals surface area contributed by atoms with Crippen LogP contribution >= 0.6 is 0 Å². The van der Waals surface area contributed by atoms with Crippen molar-refractivity contribution >= 4 is 17.5 Å². The first-order chi connectivity index (χ1) is 13.5. The number of rotatable bonds is 7. The van der Waals surface area contributed by atoms with Gasteiger partial charge in [0.1, 0.15) is 5.75 Å². The molecule has 0 spiro atoms. The van der Waals surface area contributed by atoms with Crippen LogP contribution in [0.1, 0.15) is 59.9 Å². The fraction of sp³-hybridized carbons (Fsp3) is 0.476. The van der Waals surface area contributed by atoms with E-state index in [-0.39, 0.29) is 11.8 Å². The van der Waals surface area contributed by atoms with Crippen molar-refractivity contribution in [1.82, 2.24) is 14.9 Å². The third-order valence-corrected chi connectivity index (χ3v) is 4.89. The van der Waals surface area contributed by atoms with Crippen LogP contribution in [-0.4, -0.2) is 35.0 Å². The number of benzene rings is 1. The molecular weight excluding hydrogens is 356 g/mol. The van der Waals surface area contributed by atoms with Crippen LogP contribution in [-0.2, 0) is 13.0 Å². The minimum atomic E-state index is -0.294. The molecule has 2 N–H and O–H groups in total. The number of nitrogens with one attached hydrogen (secondary N) is 2. The Morgan fingerprint density at radius 2 is 1.93 bits per heavy atom. The van der Waals surface area contributed by atoms with Gasteiger partial charge in [-0.15, -0.1) is 0 Å². The molecule has 0 saturated carbocycles. The molecule has 0 unspecified atom stereocenters. The largest absolute Gasteiger partial charge is 0.497 e. The van der Waals surface area contributed by atoms with Crippen molar-refractivity contribution in [2.75, 3.05) is 19.0 Å². The van der Waals surface area contributed by atoms with Crippen molar-refractivity contribution in [2.45, 2.75) is 46.1 Å². The van der Waals surface area contributed by atoms with Crippen molar-refractivity contribution in [3.8, 4) is 5.75 Å². The van der Waals surface area contributed by atoms with Crippen LogP contribution in [0.5, 0.6) is 5.75 Å². The molecule has 1 aromatic carbocycles. The van der Waals surface area contributed by atoms with Gasteiger partial charge in [-0.25, -0.2) is 4.98 Å². The Hall–Kier alpha value is -2.83. The molecule has 1 aliphatic rings. The number of amides is 2. The number of fused-ring (bicyclic) bond motifs is 1. The summed E-state index contributed by atoms with van der Waals surface area (Å²) in [5.74, 6) is 1.06. The van der Waals surface area contributed by atoms with Crippen LogP contribution in [0.2, 0.25) is 0 Å². The lowest BCUT2D eigenvalue weighted by Crippen LogP contribution is -2.29. The fourth-order valence-electron chi connectivity index (χ4n) is 3.32. The molecule has 2 heterocycles. The fourth-order valence-corrected chi connectivity index (χ4v) is 3.32. The van der Waals surface area contributed by atoms with E-state index in [1.165, 1.54) is 0 Å². The summed E-state index contributed by atoms with van der Waals surface area (Å²) in [6, 6.07) is 7.12. The molecule has 28 heavy (non-hydrogen) atoms. The van der Waals surface area contributed by atoms with E-state index in [2.05, 4.69) is 29.5 Å². The SMILES string of the molecule is COc1ccc(NC(=O)c2nc(C(=O)NCCC(C)C)n3c2CCCC3)cc1. The van der Waals surface area contributed by atoms with Gasteiger partial charge in [0, 0.05) is 18.8 Å². The number of nitrogens with zero attached hydrogens (tertiary/aromatic N) is 2. The van der Waals surface area contributed by atoms with Gasteiger partial charge in [-0.2, -0.15) is 0 Å². The maximum Gasteiger partial charge on any atom is 0.287 e. The zero-order valence-corrected chi connectivity index (χ0v) is 16.7. The molecule has 2 amide bonds. The van der Waals surface area contributed by atoms with E-state index < -0.39 is 0 Å². The number of hydrogen-bond acceptors (Lipinski definition) is 4. The summed E-state index contributed by atoms with van der Waals surface area (Å²) in [6.45, 7) is 5.55. The minimum absolute atomic E-state index is 0.215. The zero-order valence-electron chi connectivity index (χ0n) is 16.7. The quantitative estimate of drug-likeness (QED) is 0.767. The van der Waals surface area contributed by atoms with E-state index in [1.54, 1.807) is 31.4 Å². The molecule has 0 atom stereocenters. The van der Waals surface area contributed by atoms with Gasteiger partial charge in [0.05, 0.1) is 12.8 Å². The van der Waals surface area contributed by atoms with E-state index in [4.69, 9.17) is 4.74 Å². The highest BCUT2D eigenvalue weighted by molar-refractivity contribution is 6.05. The summed E-state index contributed by atoms with van der Waals surface area (Å²) in [5, 5.41) is 5.80. The summed E-state index contributed by atoms with van der Waals surface area (Å²) < 4.78 is 7.04. The van der Waals surface area contributed by atoms with Gasteiger partial charge in [-0.05, 0) is 55.9 Å². The molecule has 0 aliphatic carbocycles. The molecule has 1 aromatic heterocycles. The van der Waals surface area contributed by atoms with Crippen LogP contribution in [0.25, 0.3) is 0 Å². The molecule has 7 heteroatoms. The smallest absolute Gasteiger partial charge is 0.287 e. The second-order valence-electron chi connectivity index (χ2n) is 7.46. The average Bonchev–Trinajstić information content (AvgIpc) is 3.08. The predicted octanol–water partition coefficient (Wildman–Crippen LogP) is 3.26. The summed E-state index contributed by atoms with van der Waals surface area (Å²) in [7, 11) is 1.60. The molecule has 3 rings (SSSR count). The van der Waals surface area contributed by atoms with Crippen molar-refractivity contribution < 1.29 is 14.3 Å². The van der Waals surface area contributed by atoms with Crippen molar-refractivity contribution in [3.63, 3.8) is 0 Å². The lowest BCUT2D eigenvalue weighted by molar-refractivity contribution is 0.0936. The Balaban J connectivity index is 1.79. The zero-order chi connectivity index (χ0) is 20.1. The number of carbonyl (C=O) groups excluding carboxylic acids is 2. The van der Waals surface area contributed by atoms with Crippen LogP contribution in [0.15, 0.2) is 24.3 Å². The summed E-state index contributed by atoms with van der Waals surface area (Å²) in [6.07, 6.45) is 3.62. The maximum absolute atomic E-state index is 12.8. The molecule has 2 aromatic rings. The van der Waals surface area contributed by atoms with E-state index >= 15 is 0 Å². The second kappa shape index (κ2) is 8.91. The molecular formula is C21H28N4O3. The average molecular weight is 384 g/mol. The first-order valence-corrected chi connectivity index (χ1v) is 9.82. The van der Waals surface area contributed by atoms with Gasteiger partial charge < -0.3 is 19.9 Å². The first-order valence-electron chi connectivity index (χ1n) is 9.82. The van der Waals surface area contributed by atoms with Gasteiger partial charge in [0.15, 0.2) is 11.5 Å². The predicted molar refractivity (Wildman–Crippen MR) is 108 cm³/mol. The Morgan fingerprint density at radius 1 is 1.18 bits per heavy atom. The van der Waals surface area contributed by atoms with Gasteiger partial charge in [0.25, 0.3) is 11.8 Å². The Bertz CT molecular complexity index is 840. The monoisotopic (exact) mass is 384 g/mol. The van der Waals surface area contributed by atoms with Gasteiger partial charge in [0.2, 0.25) is 0 Å². The number of hydrogen-bond donors (Lipinski definition) is 2. The molecule has 0 fully saturated rings. The Kier molecular flexibility index (Phi) is 6.34. The number of methoxy groups -OCH3 is 1. The number of anilines is 1. The molecule has 0 bridgehead atoms. The van der Waals surface area contributed by atoms with E-state index in [0.717, 1.165) is 37.1 Å². The normalized spacial score (nSPS) is 13.1. The van der Waals surface area contributed by atoms with Crippen molar-refractivity contribution in [2.24, 2.45) is 5.92 Å². The second-order valence-corrected chi connectivity index (χ2v) is 7.46. The van der Waals surface area contributed by atoms with Crippen LogP contribution < -0.4 is 15.4 Å². The third kappa shape index (κ3) is 4.52. The molecule has 0 saturated heterocycles. The standard InChI is InChI=1S/C21H28N4O3/c1-14(2)11-12-22-21(27)19-24-18(17-6-4-5-13-25(17)19)20(26)23-15-7-9-16(28-3)10-8-15/h7-10,14H,4-6,11-13H2,1-3H3,(H,22,27)(H,23,26). The van der Waals surface area contributed by atoms with Crippen molar-refractivity contribution in [1.29, 1.82) is 0 Å². The number of imidazole rings is 1. The van der Waals surface area contributed by atoms with Gasteiger partial charge >= 0.3 is 0 Å². The topological polar surface area (TPSA) is 85.2 Å². The van der Waals surface area contributed by atoms with Crippen molar-refractivity contribution in [3.05, 3.63) is 41.5 Å². The van der Waals surface area contributed by atoms with E-state index in [0.29, 0.717) is 36.2 Å². The van der Waals surface area contributed by atoms with Gasteiger partial charge in [-0.3, -0.25) is 9.59 Å². The Morgan fingerprint density at radius 3 is 2.61 bits per heavy atom. The highest BCUT2D eigenvalue weighted by Crippen LogP contribution is 2.23. The number of carbonyl (C=O) groups is 2. The molecule has 150 valence electrons. The Labute approximate surface area is 165 Å². The summed E-state index contributed by atoms with van der Waals surface area (Å²) in [5.41, 5.74) is 1.84. The summed E-state index contributed by atoms with van der Waals surface area (Å²) >= 11 is 0. The van der Waals surface area contributed by atoms with Crippen LogP contribution in [0.3, 0.4) is 0 Å². The first kappa shape index (κ1) is 19.9. The lowest BCUT2D eigenvalue weighted by Gasteiger charge is -2.17. The van der Waals surface area contributed by atoms with Gasteiger partial charge in [-0.1, -0.05) is 13.8 Å².